The molecule has 0 spiro atoms. The van der Waals surface area contributed by atoms with E-state index in [0.29, 0.717) is 19.1 Å². The Morgan fingerprint density at radius 1 is 1.31 bits per heavy atom. The second-order valence-corrected chi connectivity index (χ2v) is 7.22. The van der Waals surface area contributed by atoms with Gasteiger partial charge in [0, 0.05) is 32.1 Å². The van der Waals surface area contributed by atoms with Crippen molar-refractivity contribution in [1.29, 1.82) is 0 Å². The molecule has 148 valence electrons. The summed E-state index contributed by atoms with van der Waals surface area (Å²) in [7, 11) is 0. The number of nitrogens with zero attached hydrogens (tertiary/aromatic N) is 1. The van der Waals surface area contributed by atoms with E-state index < -0.39 is 11.7 Å². The first-order chi connectivity index (χ1) is 12.3. The van der Waals surface area contributed by atoms with Gasteiger partial charge in [0.05, 0.1) is 6.26 Å². The Labute approximate surface area is 157 Å². The molecule has 1 heterocycles. The summed E-state index contributed by atoms with van der Waals surface area (Å²) in [4.78, 5) is 16.2. The van der Waals surface area contributed by atoms with Gasteiger partial charge in [-0.1, -0.05) is 6.92 Å². The molecule has 1 rings (SSSR count). The summed E-state index contributed by atoms with van der Waals surface area (Å²) < 4.78 is 10.5. The fourth-order valence-corrected chi connectivity index (χ4v) is 2.02. The average Bonchev–Trinajstić information content (AvgIpc) is 3.05. The highest BCUT2D eigenvalue weighted by atomic mass is 16.6. The number of rotatable bonds is 9. The van der Waals surface area contributed by atoms with Gasteiger partial charge in [-0.2, -0.15) is 0 Å². The van der Waals surface area contributed by atoms with Gasteiger partial charge in [-0.05, 0) is 52.7 Å². The van der Waals surface area contributed by atoms with Gasteiger partial charge in [-0.3, -0.25) is 4.99 Å². The summed E-state index contributed by atoms with van der Waals surface area (Å²) in [5.41, 5.74) is -0.479. The maximum absolute atomic E-state index is 11.6. The van der Waals surface area contributed by atoms with E-state index in [0.717, 1.165) is 37.5 Å². The molecule has 0 saturated heterocycles. The largest absolute Gasteiger partial charge is 0.469 e. The van der Waals surface area contributed by atoms with Crippen LogP contribution >= 0.6 is 0 Å². The minimum absolute atomic E-state index is 0.338. The van der Waals surface area contributed by atoms with Crippen LogP contribution in [0.4, 0.5) is 4.79 Å². The van der Waals surface area contributed by atoms with Crippen LogP contribution in [0.15, 0.2) is 27.8 Å². The number of amides is 1. The van der Waals surface area contributed by atoms with E-state index in [-0.39, 0.29) is 0 Å². The van der Waals surface area contributed by atoms with E-state index in [1.165, 1.54) is 0 Å². The third kappa shape index (κ3) is 10.6. The van der Waals surface area contributed by atoms with Crippen molar-refractivity contribution in [1.82, 2.24) is 16.0 Å². The molecule has 1 unspecified atom stereocenters. The first-order valence-corrected chi connectivity index (χ1v) is 9.34. The van der Waals surface area contributed by atoms with E-state index in [4.69, 9.17) is 9.15 Å². The van der Waals surface area contributed by atoms with Crippen LogP contribution < -0.4 is 16.0 Å². The fourth-order valence-electron chi connectivity index (χ4n) is 2.02. The molecule has 0 fully saturated rings. The van der Waals surface area contributed by atoms with Crippen molar-refractivity contribution < 1.29 is 13.9 Å². The summed E-state index contributed by atoms with van der Waals surface area (Å²) in [5.74, 6) is 1.73. The van der Waals surface area contributed by atoms with E-state index in [1.54, 1.807) is 6.26 Å². The van der Waals surface area contributed by atoms with E-state index in [9.17, 15) is 4.79 Å². The Balaban J connectivity index is 2.33. The Bertz CT molecular complexity index is 535. The Morgan fingerprint density at radius 2 is 2.08 bits per heavy atom. The third-order valence-electron chi connectivity index (χ3n) is 3.51. The minimum Gasteiger partial charge on any atom is -0.469 e. The fraction of sp³-hybridized carbons (Fsp3) is 0.684. The van der Waals surface area contributed by atoms with Gasteiger partial charge in [-0.15, -0.1) is 0 Å². The lowest BCUT2D eigenvalue weighted by Crippen LogP contribution is -2.43. The minimum atomic E-state index is -0.479. The average molecular weight is 367 g/mol. The number of hydrogen-bond acceptors (Lipinski definition) is 4. The van der Waals surface area contributed by atoms with Crippen LogP contribution in [0.1, 0.15) is 53.2 Å². The van der Waals surface area contributed by atoms with Crippen LogP contribution in [-0.2, 0) is 11.2 Å². The number of aliphatic imine (C=N–C) groups is 1. The standard InChI is InChI=1S/C19H34N4O3/c1-6-15(2)23-17(21-13-10-16-9-7-14-25-16)20-11-8-12-22-18(24)26-19(3,4)5/h7,9,14-15H,6,8,10-13H2,1-5H3,(H,22,24)(H2,20,21,23). The van der Waals surface area contributed by atoms with Crippen LogP contribution in [0.25, 0.3) is 0 Å². The normalized spacial score (nSPS) is 13.2. The summed E-state index contributed by atoms with van der Waals surface area (Å²) in [5, 5.41) is 9.44. The Morgan fingerprint density at radius 3 is 2.69 bits per heavy atom. The highest BCUT2D eigenvalue weighted by molar-refractivity contribution is 5.80. The quantitative estimate of drug-likeness (QED) is 0.355. The zero-order valence-corrected chi connectivity index (χ0v) is 16.7. The van der Waals surface area contributed by atoms with Gasteiger partial charge in [0.1, 0.15) is 11.4 Å². The van der Waals surface area contributed by atoms with Gasteiger partial charge in [0.2, 0.25) is 0 Å². The molecular weight excluding hydrogens is 332 g/mol. The molecule has 7 nitrogen and oxygen atoms in total. The van der Waals surface area contributed by atoms with Gasteiger partial charge < -0.3 is 25.1 Å². The SMILES string of the molecule is CCC(C)NC(=NCCCNC(=O)OC(C)(C)C)NCCc1ccco1. The number of alkyl carbamates (subject to hydrolysis) is 1. The van der Waals surface area contributed by atoms with Gasteiger partial charge >= 0.3 is 6.09 Å². The lowest BCUT2D eigenvalue weighted by atomic mass is 10.2. The van der Waals surface area contributed by atoms with Crippen LogP contribution in [0.3, 0.4) is 0 Å². The molecule has 26 heavy (non-hydrogen) atoms. The number of carbonyl (C=O) groups excluding carboxylic acids is 1. The number of nitrogens with one attached hydrogen (secondary N) is 3. The highest BCUT2D eigenvalue weighted by Crippen LogP contribution is 2.06. The highest BCUT2D eigenvalue weighted by Gasteiger charge is 2.15. The van der Waals surface area contributed by atoms with Crippen LogP contribution in [0.2, 0.25) is 0 Å². The predicted molar refractivity (Wildman–Crippen MR) is 104 cm³/mol. The van der Waals surface area contributed by atoms with Crippen molar-refractivity contribution in [3.05, 3.63) is 24.2 Å². The maximum Gasteiger partial charge on any atom is 0.407 e. The van der Waals surface area contributed by atoms with Crippen LogP contribution in [0, 0.1) is 0 Å². The number of hydrogen-bond donors (Lipinski definition) is 3. The van der Waals surface area contributed by atoms with Gasteiger partial charge in [0.25, 0.3) is 0 Å². The summed E-state index contributed by atoms with van der Waals surface area (Å²) in [6.45, 7) is 11.7. The molecule has 1 aromatic heterocycles. The Hall–Kier alpha value is -2.18. The zero-order chi connectivity index (χ0) is 19.4. The molecular formula is C19H34N4O3. The summed E-state index contributed by atoms with van der Waals surface area (Å²) in [6.07, 6.45) is 3.84. The predicted octanol–water partition coefficient (Wildman–Crippen LogP) is 3.07. The van der Waals surface area contributed by atoms with Crippen molar-refractivity contribution in [3.8, 4) is 0 Å². The van der Waals surface area contributed by atoms with E-state index in [1.807, 2.05) is 32.9 Å². The molecule has 1 amide bonds. The van der Waals surface area contributed by atoms with E-state index >= 15 is 0 Å². The lowest BCUT2D eigenvalue weighted by molar-refractivity contribution is 0.0527. The Kier molecular flexibility index (Phi) is 9.62. The molecule has 0 aliphatic rings. The molecule has 0 aromatic carbocycles. The first kappa shape index (κ1) is 21.9. The number of guanidine groups is 1. The van der Waals surface area contributed by atoms with Crippen LogP contribution in [0.5, 0.6) is 0 Å². The smallest absolute Gasteiger partial charge is 0.407 e. The molecule has 0 bridgehead atoms. The molecule has 3 N–H and O–H groups in total. The number of ether oxygens (including phenoxy) is 1. The van der Waals surface area contributed by atoms with Gasteiger partial charge in [0.15, 0.2) is 5.96 Å². The lowest BCUT2D eigenvalue weighted by Gasteiger charge is -2.19. The number of furan rings is 1. The van der Waals surface area contributed by atoms with Crippen LogP contribution in [-0.4, -0.2) is 43.3 Å². The maximum atomic E-state index is 11.6. The molecule has 1 aromatic rings. The van der Waals surface area contributed by atoms with E-state index in [2.05, 4.69) is 34.8 Å². The first-order valence-electron chi connectivity index (χ1n) is 9.34. The number of carbonyl (C=O) groups is 1. The van der Waals surface area contributed by atoms with Crippen molar-refractivity contribution >= 4 is 12.1 Å². The van der Waals surface area contributed by atoms with Crippen molar-refractivity contribution in [2.75, 3.05) is 19.6 Å². The molecule has 0 saturated carbocycles. The summed E-state index contributed by atoms with van der Waals surface area (Å²) in [6, 6.07) is 4.19. The van der Waals surface area contributed by atoms with Crippen molar-refractivity contribution in [3.63, 3.8) is 0 Å². The summed E-state index contributed by atoms with van der Waals surface area (Å²) >= 11 is 0. The van der Waals surface area contributed by atoms with Gasteiger partial charge in [-0.25, -0.2) is 4.79 Å². The molecule has 1 atom stereocenters. The molecule has 0 radical (unpaired) electrons. The van der Waals surface area contributed by atoms with Crippen molar-refractivity contribution in [2.45, 2.75) is 65.5 Å². The molecule has 0 aliphatic carbocycles. The topological polar surface area (TPSA) is 87.9 Å². The zero-order valence-electron chi connectivity index (χ0n) is 16.7. The molecule has 0 aliphatic heterocycles. The third-order valence-corrected chi connectivity index (χ3v) is 3.51. The second-order valence-electron chi connectivity index (χ2n) is 7.22. The monoisotopic (exact) mass is 366 g/mol. The van der Waals surface area contributed by atoms with Crippen molar-refractivity contribution in [2.24, 2.45) is 4.99 Å². The second kappa shape index (κ2) is 11.4. The molecule has 7 heteroatoms.